The third kappa shape index (κ3) is 5.97. The fourth-order valence-corrected chi connectivity index (χ4v) is 4.19. The molecule has 1 aliphatic heterocycles. The largest absolute Gasteiger partial charge is 0.369 e. The Kier molecular flexibility index (Phi) is 7.54. The van der Waals surface area contributed by atoms with Gasteiger partial charge in [0.25, 0.3) is 0 Å². The molecule has 1 aromatic heterocycles. The minimum atomic E-state index is 0.838. The molecule has 27 heavy (non-hydrogen) atoms. The summed E-state index contributed by atoms with van der Waals surface area (Å²) in [6.45, 7) is 9.57. The lowest BCUT2D eigenvalue weighted by Crippen LogP contribution is -2.47. The number of piperazine rings is 1. The molecular weight excluding hydrogens is 354 g/mol. The van der Waals surface area contributed by atoms with Gasteiger partial charge in [0.1, 0.15) is 0 Å². The number of rotatable bonds is 7. The second kappa shape index (κ2) is 10.3. The topological polar surface area (TPSA) is 42.9 Å². The molecule has 0 bridgehead atoms. The van der Waals surface area contributed by atoms with Crippen molar-refractivity contribution in [2.75, 3.05) is 51.2 Å². The van der Waals surface area contributed by atoms with E-state index in [9.17, 15) is 0 Å². The third-order valence-corrected chi connectivity index (χ3v) is 6.07. The Labute approximate surface area is 167 Å². The third-order valence-electron chi connectivity index (χ3n) is 5.05. The summed E-state index contributed by atoms with van der Waals surface area (Å²) in [6, 6.07) is 12.9. The van der Waals surface area contributed by atoms with Crippen molar-refractivity contribution in [3.8, 4) is 0 Å². The number of guanidine groups is 1. The van der Waals surface area contributed by atoms with Crippen LogP contribution in [0.4, 0.5) is 5.69 Å². The summed E-state index contributed by atoms with van der Waals surface area (Å²) in [5, 5.41) is 8.98. The van der Waals surface area contributed by atoms with Crippen molar-refractivity contribution >= 4 is 23.0 Å². The van der Waals surface area contributed by atoms with E-state index in [1.165, 1.54) is 16.1 Å². The highest BCUT2D eigenvalue weighted by Crippen LogP contribution is 2.16. The lowest BCUT2D eigenvalue weighted by Gasteiger charge is -2.36. The van der Waals surface area contributed by atoms with E-state index in [1.807, 2.05) is 7.05 Å². The van der Waals surface area contributed by atoms with Crippen LogP contribution in [-0.4, -0.2) is 57.2 Å². The molecule has 0 spiro atoms. The summed E-state index contributed by atoms with van der Waals surface area (Å²) < 4.78 is 0. The van der Waals surface area contributed by atoms with E-state index >= 15 is 0 Å². The molecule has 3 rings (SSSR count). The predicted octanol–water partition coefficient (Wildman–Crippen LogP) is 2.93. The molecule has 2 aromatic rings. The summed E-state index contributed by atoms with van der Waals surface area (Å²) >= 11 is 1.79. The van der Waals surface area contributed by atoms with Crippen LogP contribution in [0.25, 0.3) is 0 Å². The predicted molar refractivity (Wildman–Crippen MR) is 117 cm³/mol. The fourth-order valence-electron chi connectivity index (χ4n) is 3.35. The number of hydrogen-bond acceptors (Lipinski definition) is 4. The smallest absolute Gasteiger partial charge is 0.191 e. The Hall–Kier alpha value is -2.05. The molecule has 146 valence electrons. The molecule has 0 atom stereocenters. The average molecular weight is 386 g/mol. The molecule has 0 radical (unpaired) electrons. The summed E-state index contributed by atoms with van der Waals surface area (Å²) in [7, 11) is 1.83. The van der Waals surface area contributed by atoms with Gasteiger partial charge in [0.2, 0.25) is 0 Å². The zero-order chi connectivity index (χ0) is 18.9. The Morgan fingerprint density at radius 1 is 1.07 bits per heavy atom. The number of thiophene rings is 1. The lowest BCUT2D eigenvalue weighted by atomic mass is 10.2. The Morgan fingerprint density at radius 3 is 2.52 bits per heavy atom. The number of benzene rings is 1. The van der Waals surface area contributed by atoms with Crippen molar-refractivity contribution < 1.29 is 0 Å². The average Bonchev–Trinajstić information content (AvgIpc) is 3.13. The van der Waals surface area contributed by atoms with E-state index in [-0.39, 0.29) is 0 Å². The molecule has 1 aromatic carbocycles. The second-order valence-corrected chi connectivity index (χ2v) is 7.90. The zero-order valence-electron chi connectivity index (χ0n) is 16.4. The lowest BCUT2D eigenvalue weighted by molar-refractivity contribution is 0.255. The Bertz CT molecular complexity index is 704. The molecule has 0 saturated carbocycles. The van der Waals surface area contributed by atoms with E-state index in [0.717, 1.165) is 58.2 Å². The first kappa shape index (κ1) is 19.7. The monoisotopic (exact) mass is 385 g/mol. The summed E-state index contributed by atoms with van der Waals surface area (Å²) in [6.07, 6.45) is 1.13. The van der Waals surface area contributed by atoms with Crippen LogP contribution in [0.5, 0.6) is 0 Å². The summed E-state index contributed by atoms with van der Waals surface area (Å²) in [5.41, 5.74) is 2.69. The maximum atomic E-state index is 4.32. The number of para-hydroxylation sites is 1. The van der Waals surface area contributed by atoms with Gasteiger partial charge < -0.3 is 15.5 Å². The Balaban J connectivity index is 1.30. The minimum Gasteiger partial charge on any atom is -0.369 e. The van der Waals surface area contributed by atoms with Gasteiger partial charge >= 0.3 is 0 Å². The minimum absolute atomic E-state index is 0.838. The highest BCUT2D eigenvalue weighted by Gasteiger charge is 2.16. The molecule has 6 heteroatoms. The van der Waals surface area contributed by atoms with Crippen LogP contribution in [0.2, 0.25) is 0 Å². The molecule has 1 saturated heterocycles. The van der Waals surface area contributed by atoms with Gasteiger partial charge in [0, 0.05) is 50.3 Å². The van der Waals surface area contributed by atoms with Gasteiger partial charge in [-0.3, -0.25) is 9.89 Å². The van der Waals surface area contributed by atoms with E-state index in [1.54, 1.807) is 11.3 Å². The van der Waals surface area contributed by atoms with Gasteiger partial charge in [-0.2, -0.15) is 0 Å². The first-order valence-corrected chi connectivity index (χ1v) is 10.6. The van der Waals surface area contributed by atoms with Crippen molar-refractivity contribution in [2.24, 2.45) is 4.99 Å². The molecule has 0 amide bonds. The van der Waals surface area contributed by atoms with Crippen molar-refractivity contribution in [2.45, 2.75) is 19.9 Å². The van der Waals surface area contributed by atoms with Gasteiger partial charge in [0.15, 0.2) is 5.96 Å². The first-order chi connectivity index (χ1) is 13.3. The molecule has 1 aliphatic rings. The number of hydrogen-bond donors (Lipinski definition) is 2. The van der Waals surface area contributed by atoms with E-state index < -0.39 is 0 Å². The number of aryl methyl sites for hydroxylation is 1. The number of nitrogens with one attached hydrogen (secondary N) is 2. The van der Waals surface area contributed by atoms with Crippen molar-refractivity contribution in [1.82, 2.24) is 15.5 Å². The molecule has 5 nitrogen and oxygen atoms in total. The van der Waals surface area contributed by atoms with Crippen LogP contribution in [0.1, 0.15) is 16.9 Å². The highest BCUT2D eigenvalue weighted by molar-refractivity contribution is 7.10. The van der Waals surface area contributed by atoms with Crippen LogP contribution in [-0.2, 0) is 6.54 Å². The van der Waals surface area contributed by atoms with E-state index in [0.29, 0.717) is 0 Å². The quantitative estimate of drug-likeness (QED) is 0.437. The second-order valence-electron chi connectivity index (χ2n) is 6.90. The number of anilines is 1. The van der Waals surface area contributed by atoms with Gasteiger partial charge in [-0.25, -0.2) is 0 Å². The van der Waals surface area contributed by atoms with Gasteiger partial charge in [-0.05, 0) is 49.0 Å². The molecule has 2 N–H and O–H groups in total. The van der Waals surface area contributed by atoms with Crippen LogP contribution in [0, 0.1) is 6.92 Å². The summed E-state index contributed by atoms with van der Waals surface area (Å²) in [4.78, 5) is 10.7. The fraction of sp³-hybridized carbons (Fsp3) is 0.476. The van der Waals surface area contributed by atoms with Crippen LogP contribution in [0.3, 0.4) is 0 Å². The maximum Gasteiger partial charge on any atom is 0.191 e. The molecule has 2 heterocycles. The van der Waals surface area contributed by atoms with Crippen LogP contribution >= 0.6 is 11.3 Å². The SMILES string of the molecule is CN=C(NCCCN1CCN(c2ccccc2)CC1)NCc1sccc1C. The van der Waals surface area contributed by atoms with Crippen LogP contribution in [0.15, 0.2) is 46.8 Å². The van der Waals surface area contributed by atoms with Gasteiger partial charge in [0.05, 0.1) is 6.54 Å². The molecular formula is C21H31N5S. The molecule has 0 unspecified atom stereocenters. The first-order valence-electron chi connectivity index (χ1n) is 9.76. The standard InChI is InChI=1S/C21H31N5S/c1-18-9-16-27-20(18)17-24-21(22-2)23-10-6-11-25-12-14-26(15-13-25)19-7-4-3-5-8-19/h3-5,7-9,16H,6,10-15,17H2,1-2H3,(H2,22,23,24). The van der Waals surface area contributed by atoms with Gasteiger partial charge in [-0.1, -0.05) is 18.2 Å². The van der Waals surface area contributed by atoms with Crippen molar-refractivity contribution in [1.29, 1.82) is 0 Å². The highest BCUT2D eigenvalue weighted by atomic mass is 32.1. The number of nitrogens with zero attached hydrogens (tertiary/aromatic N) is 3. The summed E-state index contributed by atoms with van der Waals surface area (Å²) in [5.74, 6) is 0.886. The van der Waals surface area contributed by atoms with E-state index in [2.05, 4.69) is 74.1 Å². The molecule has 0 aliphatic carbocycles. The van der Waals surface area contributed by atoms with Crippen LogP contribution < -0.4 is 15.5 Å². The van der Waals surface area contributed by atoms with Crippen molar-refractivity contribution in [3.63, 3.8) is 0 Å². The van der Waals surface area contributed by atoms with E-state index in [4.69, 9.17) is 0 Å². The normalized spacial score (nSPS) is 15.8. The van der Waals surface area contributed by atoms with Gasteiger partial charge in [-0.15, -0.1) is 11.3 Å². The number of aliphatic imine (C=N–C) groups is 1. The molecule has 1 fully saturated rings. The van der Waals surface area contributed by atoms with Crippen molar-refractivity contribution in [3.05, 3.63) is 52.2 Å². The Morgan fingerprint density at radius 2 is 1.85 bits per heavy atom. The maximum absolute atomic E-state index is 4.32. The zero-order valence-corrected chi connectivity index (χ0v) is 17.3.